The van der Waals surface area contributed by atoms with E-state index in [1.54, 1.807) is 7.11 Å². The van der Waals surface area contributed by atoms with Crippen LogP contribution in [0.15, 0.2) is 32.1 Å². The Bertz CT molecular complexity index is 693. The van der Waals surface area contributed by atoms with Crippen LogP contribution < -0.4 is 15.4 Å². The highest BCUT2D eigenvalue weighted by atomic mass is 79.9. The Labute approximate surface area is 150 Å². The van der Waals surface area contributed by atoms with Gasteiger partial charge >= 0.3 is 0 Å². The van der Waals surface area contributed by atoms with Gasteiger partial charge in [-0.25, -0.2) is 9.98 Å². The van der Waals surface area contributed by atoms with E-state index in [0.717, 1.165) is 33.8 Å². The molecule has 0 spiro atoms. The molecule has 24 heavy (non-hydrogen) atoms. The van der Waals surface area contributed by atoms with E-state index in [9.17, 15) is 0 Å². The predicted octanol–water partition coefficient (Wildman–Crippen LogP) is 3.32. The molecule has 1 heterocycles. The van der Waals surface area contributed by atoms with Crippen molar-refractivity contribution >= 4 is 21.9 Å². The highest BCUT2D eigenvalue weighted by Crippen LogP contribution is 2.23. The Balaban J connectivity index is 2.06. The lowest BCUT2D eigenvalue weighted by Gasteiger charge is -2.11. The maximum Gasteiger partial charge on any atom is 0.214 e. The first kappa shape index (κ1) is 18.3. The average Bonchev–Trinajstić information content (AvgIpc) is 2.88. The molecule has 0 radical (unpaired) electrons. The molecule has 6 nitrogen and oxygen atoms in total. The topological polar surface area (TPSA) is 71.7 Å². The van der Waals surface area contributed by atoms with Gasteiger partial charge in [-0.2, -0.15) is 0 Å². The van der Waals surface area contributed by atoms with Gasteiger partial charge in [-0.3, -0.25) is 0 Å². The summed E-state index contributed by atoms with van der Waals surface area (Å²) < 4.78 is 12.0. The van der Waals surface area contributed by atoms with Crippen molar-refractivity contribution in [2.45, 2.75) is 33.9 Å². The van der Waals surface area contributed by atoms with Crippen LogP contribution in [0.4, 0.5) is 0 Å². The molecule has 0 aliphatic carbocycles. The Morgan fingerprint density at radius 1 is 1.33 bits per heavy atom. The van der Waals surface area contributed by atoms with E-state index in [4.69, 9.17) is 9.15 Å². The van der Waals surface area contributed by atoms with Gasteiger partial charge in [0.05, 0.1) is 25.9 Å². The molecule has 2 aromatic rings. The van der Waals surface area contributed by atoms with E-state index in [1.807, 2.05) is 39.0 Å². The van der Waals surface area contributed by atoms with Crippen molar-refractivity contribution in [2.24, 2.45) is 4.99 Å². The third-order valence-electron chi connectivity index (χ3n) is 3.47. The van der Waals surface area contributed by atoms with Gasteiger partial charge in [0.25, 0.3) is 0 Å². The van der Waals surface area contributed by atoms with Crippen LogP contribution in [0.25, 0.3) is 0 Å². The Morgan fingerprint density at radius 2 is 2.12 bits per heavy atom. The van der Waals surface area contributed by atoms with Gasteiger partial charge < -0.3 is 19.8 Å². The minimum Gasteiger partial charge on any atom is -0.496 e. The molecule has 2 N–H and O–H groups in total. The Morgan fingerprint density at radius 3 is 2.75 bits per heavy atom. The number of oxazole rings is 1. The number of ether oxygens (including phenoxy) is 1. The molecule has 1 aromatic heterocycles. The summed E-state index contributed by atoms with van der Waals surface area (Å²) in [7, 11) is 1.66. The lowest BCUT2D eigenvalue weighted by atomic mass is 10.2. The summed E-state index contributed by atoms with van der Waals surface area (Å²) in [6, 6.07) is 5.88. The molecule has 0 atom stereocenters. The fraction of sp³-hybridized carbons (Fsp3) is 0.412. The lowest BCUT2D eigenvalue weighted by molar-refractivity contribution is 0.409. The zero-order valence-corrected chi connectivity index (χ0v) is 16.0. The number of aliphatic imine (C=N–C) groups is 1. The first-order valence-corrected chi connectivity index (χ1v) is 8.60. The fourth-order valence-corrected chi connectivity index (χ4v) is 2.56. The van der Waals surface area contributed by atoms with Gasteiger partial charge in [0.2, 0.25) is 5.89 Å². The lowest BCUT2D eigenvalue weighted by Crippen LogP contribution is -2.36. The standard InChI is InChI=1S/C17H23BrN4O2/c1-5-19-17(21-10-16-22-11(2)12(3)24-16)20-9-13-8-14(18)6-7-15(13)23-4/h6-8H,5,9-10H2,1-4H3,(H2,19,20,21). The van der Waals surface area contributed by atoms with Crippen molar-refractivity contribution < 1.29 is 9.15 Å². The number of rotatable bonds is 6. The Kier molecular flexibility index (Phi) is 6.66. The number of nitrogens with zero attached hydrogens (tertiary/aromatic N) is 2. The molecule has 0 amide bonds. The van der Waals surface area contributed by atoms with Gasteiger partial charge in [0.1, 0.15) is 11.5 Å². The average molecular weight is 395 g/mol. The van der Waals surface area contributed by atoms with Gasteiger partial charge in [-0.15, -0.1) is 0 Å². The molecule has 0 aliphatic heterocycles. The summed E-state index contributed by atoms with van der Waals surface area (Å²) in [5, 5.41) is 6.44. The number of halogens is 1. The van der Waals surface area contributed by atoms with Crippen molar-refractivity contribution in [1.29, 1.82) is 0 Å². The number of benzene rings is 1. The van der Waals surface area contributed by atoms with E-state index >= 15 is 0 Å². The number of aromatic nitrogens is 1. The van der Waals surface area contributed by atoms with Crippen LogP contribution in [0.5, 0.6) is 5.75 Å². The molecule has 7 heteroatoms. The van der Waals surface area contributed by atoms with Crippen molar-refractivity contribution in [2.75, 3.05) is 13.7 Å². The van der Waals surface area contributed by atoms with Crippen molar-refractivity contribution in [3.8, 4) is 5.75 Å². The maximum absolute atomic E-state index is 5.58. The molecule has 0 saturated carbocycles. The summed E-state index contributed by atoms with van der Waals surface area (Å²) in [6.07, 6.45) is 0. The van der Waals surface area contributed by atoms with Crippen LogP contribution in [0.1, 0.15) is 29.8 Å². The van der Waals surface area contributed by atoms with Gasteiger partial charge in [-0.05, 0) is 39.0 Å². The summed E-state index contributed by atoms with van der Waals surface area (Å²) in [6.45, 7) is 7.62. The smallest absolute Gasteiger partial charge is 0.214 e. The fourth-order valence-electron chi connectivity index (χ4n) is 2.15. The molecule has 0 unspecified atom stereocenters. The second-order valence-electron chi connectivity index (χ2n) is 5.25. The second-order valence-corrected chi connectivity index (χ2v) is 6.17. The number of nitrogens with one attached hydrogen (secondary N) is 2. The minimum absolute atomic E-state index is 0.482. The largest absolute Gasteiger partial charge is 0.496 e. The second kappa shape index (κ2) is 8.73. The summed E-state index contributed by atoms with van der Waals surface area (Å²) in [5.74, 6) is 3.01. The van der Waals surface area contributed by atoms with Crippen LogP contribution in [0, 0.1) is 13.8 Å². The van der Waals surface area contributed by atoms with Gasteiger partial charge in [-0.1, -0.05) is 15.9 Å². The first-order valence-electron chi connectivity index (χ1n) is 7.81. The van der Waals surface area contributed by atoms with E-state index in [-0.39, 0.29) is 0 Å². The highest BCUT2D eigenvalue weighted by molar-refractivity contribution is 9.10. The SMILES string of the molecule is CCNC(=NCc1cc(Br)ccc1OC)NCc1nc(C)c(C)o1. The molecule has 0 bridgehead atoms. The van der Waals surface area contributed by atoms with Crippen LogP contribution in [-0.2, 0) is 13.1 Å². The van der Waals surface area contributed by atoms with Gasteiger partial charge in [0.15, 0.2) is 5.96 Å². The zero-order valence-electron chi connectivity index (χ0n) is 14.4. The van der Waals surface area contributed by atoms with Gasteiger partial charge in [0, 0.05) is 16.6 Å². The molecule has 0 fully saturated rings. The quantitative estimate of drug-likeness (QED) is 0.580. The zero-order chi connectivity index (χ0) is 17.5. The number of hydrogen-bond acceptors (Lipinski definition) is 4. The van der Waals surface area contributed by atoms with Crippen LogP contribution in [-0.4, -0.2) is 24.6 Å². The van der Waals surface area contributed by atoms with Crippen LogP contribution >= 0.6 is 15.9 Å². The number of guanidine groups is 1. The molecule has 0 aliphatic rings. The molecule has 2 rings (SSSR count). The highest BCUT2D eigenvalue weighted by Gasteiger charge is 2.07. The number of hydrogen-bond donors (Lipinski definition) is 2. The Hall–Kier alpha value is -2.02. The first-order chi connectivity index (χ1) is 11.5. The minimum atomic E-state index is 0.482. The van der Waals surface area contributed by atoms with E-state index in [2.05, 4.69) is 36.5 Å². The molecule has 0 saturated heterocycles. The predicted molar refractivity (Wildman–Crippen MR) is 98.3 cm³/mol. The molecular formula is C17H23BrN4O2. The third-order valence-corrected chi connectivity index (χ3v) is 3.97. The summed E-state index contributed by atoms with van der Waals surface area (Å²) in [5.41, 5.74) is 1.92. The normalized spacial score (nSPS) is 11.5. The number of aryl methyl sites for hydroxylation is 2. The van der Waals surface area contributed by atoms with Crippen molar-refractivity contribution in [3.63, 3.8) is 0 Å². The molecule has 1 aromatic carbocycles. The molecule has 130 valence electrons. The van der Waals surface area contributed by atoms with Crippen LogP contribution in [0.3, 0.4) is 0 Å². The van der Waals surface area contributed by atoms with Crippen molar-refractivity contribution in [3.05, 3.63) is 45.6 Å². The monoisotopic (exact) mass is 394 g/mol. The maximum atomic E-state index is 5.58. The van der Waals surface area contributed by atoms with E-state index in [1.165, 1.54) is 0 Å². The van der Waals surface area contributed by atoms with Crippen molar-refractivity contribution in [1.82, 2.24) is 15.6 Å². The van der Waals surface area contributed by atoms with E-state index < -0.39 is 0 Å². The summed E-state index contributed by atoms with van der Waals surface area (Å²) >= 11 is 3.48. The molecular weight excluding hydrogens is 372 g/mol. The number of methoxy groups -OCH3 is 1. The summed E-state index contributed by atoms with van der Waals surface area (Å²) in [4.78, 5) is 8.96. The van der Waals surface area contributed by atoms with Crippen LogP contribution in [0.2, 0.25) is 0 Å². The van der Waals surface area contributed by atoms with E-state index in [0.29, 0.717) is 24.9 Å². The third kappa shape index (κ3) is 4.99.